The number of amides is 1. The van der Waals surface area contributed by atoms with Crippen LogP contribution in [0.4, 0.5) is 11.4 Å². The quantitative estimate of drug-likeness (QED) is 0.474. The summed E-state index contributed by atoms with van der Waals surface area (Å²) in [6, 6.07) is 10.3. The maximum Gasteiger partial charge on any atom is 0.259 e. The van der Waals surface area contributed by atoms with Gasteiger partial charge in [0.2, 0.25) is 0 Å². The molecule has 0 spiro atoms. The van der Waals surface area contributed by atoms with E-state index in [0.29, 0.717) is 28.4 Å². The zero-order chi connectivity index (χ0) is 14.1. The summed E-state index contributed by atoms with van der Waals surface area (Å²) >= 11 is 0. The van der Waals surface area contributed by atoms with Crippen LogP contribution in [0.2, 0.25) is 0 Å². The number of rotatable bonds is 1. The number of carbonyl (C=O) groups is 1. The summed E-state index contributed by atoms with van der Waals surface area (Å²) in [6.45, 7) is 1.93. The lowest BCUT2D eigenvalue weighted by molar-refractivity contribution is 0.102. The van der Waals surface area contributed by atoms with Crippen LogP contribution >= 0.6 is 0 Å². The van der Waals surface area contributed by atoms with E-state index in [0.717, 1.165) is 5.56 Å². The molecule has 0 fully saturated rings. The second-order valence-electron chi connectivity index (χ2n) is 4.43. The monoisotopic (exact) mass is 266 g/mol. The largest absolute Gasteiger partial charge is 0.454 e. The lowest BCUT2D eigenvalue weighted by atomic mass is 10.1. The molecule has 0 radical (unpaired) electrons. The molecule has 3 rings (SSSR count). The van der Waals surface area contributed by atoms with Crippen LogP contribution in [0.1, 0.15) is 15.9 Å². The van der Waals surface area contributed by atoms with E-state index in [4.69, 9.17) is 10.3 Å². The molecule has 0 bridgehead atoms. The summed E-state index contributed by atoms with van der Waals surface area (Å²) in [7, 11) is 0. The Morgan fingerprint density at radius 3 is 2.80 bits per heavy atom. The number of fused-ring (bicyclic) bond motifs is 2. The van der Waals surface area contributed by atoms with Crippen molar-refractivity contribution in [2.75, 3.05) is 5.32 Å². The van der Waals surface area contributed by atoms with Crippen LogP contribution in [0.25, 0.3) is 10.4 Å². The number of anilines is 1. The Balaban J connectivity index is 2.12. The molecular weight excluding hydrogens is 256 g/mol. The van der Waals surface area contributed by atoms with Gasteiger partial charge in [-0.1, -0.05) is 11.2 Å². The fourth-order valence-electron chi connectivity index (χ4n) is 2.04. The first kappa shape index (κ1) is 12.1. The van der Waals surface area contributed by atoms with Crippen molar-refractivity contribution in [2.45, 2.75) is 6.92 Å². The zero-order valence-corrected chi connectivity index (χ0v) is 10.6. The molecular formula is C14H10N4O2. The van der Waals surface area contributed by atoms with Crippen LogP contribution in [0.15, 0.2) is 41.5 Å². The highest BCUT2D eigenvalue weighted by molar-refractivity contribution is 6.08. The molecule has 1 aliphatic heterocycles. The van der Waals surface area contributed by atoms with Gasteiger partial charge >= 0.3 is 0 Å². The van der Waals surface area contributed by atoms with Crippen molar-refractivity contribution in [1.82, 2.24) is 0 Å². The summed E-state index contributed by atoms with van der Waals surface area (Å²) in [4.78, 5) is 14.9. The third-order valence-corrected chi connectivity index (χ3v) is 2.97. The van der Waals surface area contributed by atoms with Crippen molar-refractivity contribution >= 4 is 17.3 Å². The highest BCUT2D eigenvalue weighted by atomic mass is 16.5. The van der Waals surface area contributed by atoms with E-state index in [1.165, 1.54) is 6.07 Å². The Morgan fingerprint density at radius 1 is 1.20 bits per heavy atom. The number of aryl methyl sites for hydroxylation is 1. The Bertz CT molecular complexity index is 764. The number of nitrogens with one attached hydrogen (secondary N) is 1. The molecule has 1 amide bonds. The highest BCUT2D eigenvalue weighted by Crippen LogP contribution is 2.37. The van der Waals surface area contributed by atoms with E-state index in [9.17, 15) is 4.79 Å². The molecule has 1 N–H and O–H groups in total. The lowest BCUT2D eigenvalue weighted by Gasteiger charge is -2.08. The Kier molecular flexibility index (Phi) is 2.78. The highest BCUT2D eigenvalue weighted by Gasteiger charge is 2.20. The van der Waals surface area contributed by atoms with Gasteiger partial charge in [-0.3, -0.25) is 4.79 Å². The molecule has 20 heavy (non-hydrogen) atoms. The van der Waals surface area contributed by atoms with E-state index >= 15 is 0 Å². The van der Waals surface area contributed by atoms with Crippen LogP contribution in [0.5, 0.6) is 11.5 Å². The van der Waals surface area contributed by atoms with Crippen molar-refractivity contribution in [3.63, 3.8) is 0 Å². The fourth-order valence-corrected chi connectivity index (χ4v) is 2.04. The molecule has 0 aromatic heterocycles. The van der Waals surface area contributed by atoms with Gasteiger partial charge in [0.1, 0.15) is 5.75 Å². The number of ether oxygens (including phenoxy) is 1. The van der Waals surface area contributed by atoms with Crippen molar-refractivity contribution in [3.8, 4) is 11.5 Å². The van der Waals surface area contributed by atoms with Crippen LogP contribution in [0.3, 0.4) is 0 Å². The van der Waals surface area contributed by atoms with Gasteiger partial charge < -0.3 is 10.1 Å². The Labute approximate surface area is 114 Å². The first-order valence-electron chi connectivity index (χ1n) is 5.96. The third-order valence-electron chi connectivity index (χ3n) is 2.97. The second-order valence-corrected chi connectivity index (χ2v) is 4.43. The van der Waals surface area contributed by atoms with Crippen molar-refractivity contribution in [2.24, 2.45) is 5.11 Å². The maximum absolute atomic E-state index is 12.2. The fraction of sp³-hybridized carbons (Fsp3) is 0.0714. The predicted octanol–water partition coefficient (Wildman–Crippen LogP) is 4.29. The van der Waals surface area contributed by atoms with Crippen molar-refractivity contribution < 1.29 is 9.53 Å². The summed E-state index contributed by atoms with van der Waals surface area (Å²) < 4.78 is 5.74. The average Bonchev–Trinajstić information content (AvgIpc) is 2.55. The molecule has 2 aromatic carbocycles. The van der Waals surface area contributed by atoms with Gasteiger partial charge in [-0.2, -0.15) is 0 Å². The van der Waals surface area contributed by atoms with Crippen molar-refractivity contribution in [1.29, 1.82) is 0 Å². The van der Waals surface area contributed by atoms with Crippen molar-refractivity contribution in [3.05, 3.63) is 58.0 Å². The molecule has 6 heteroatoms. The van der Waals surface area contributed by atoms with Gasteiger partial charge in [-0.05, 0) is 48.4 Å². The van der Waals surface area contributed by atoms with Gasteiger partial charge in [0.15, 0.2) is 5.75 Å². The molecule has 0 atom stereocenters. The number of benzene rings is 2. The molecule has 1 aliphatic rings. The van der Waals surface area contributed by atoms with Crippen LogP contribution in [0, 0.1) is 6.92 Å². The van der Waals surface area contributed by atoms with Gasteiger partial charge in [0.05, 0.1) is 11.3 Å². The second kappa shape index (κ2) is 4.60. The first-order chi connectivity index (χ1) is 9.67. The number of nitrogens with zero attached hydrogens (tertiary/aromatic N) is 3. The Hall–Kier alpha value is -2.98. The molecule has 6 nitrogen and oxygen atoms in total. The minimum Gasteiger partial charge on any atom is -0.454 e. The molecule has 0 saturated carbocycles. The van der Waals surface area contributed by atoms with Gasteiger partial charge in [0, 0.05) is 10.6 Å². The molecule has 1 heterocycles. The lowest BCUT2D eigenvalue weighted by Crippen LogP contribution is -2.10. The van der Waals surface area contributed by atoms with E-state index in [1.807, 2.05) is 19.1 Å². The van der Waals surface area contributed by atoms with E-state index < -0.39 is 0 Å². The van der Waals surface area contributed by atoms with Gasteiger partial charge in [0.25, 0.3) is 5.91 Å². The van der Waals surface area contributed by atoms with E-state index in [2.05, 4.69) is 15.3 Å². The summed E-state index contributed by atoms with van der Waals surface area (Å²) in [5.74, 6) is 0.723. The summed E-state index contributed by atoms with van der Waals surface area (Å²) in [6.07, 6.45) is 0. The van der Waals surface area contributed by atoms with Crippen LogP contribution < -0.4 is 10.1 Å². The smallest absolute Gasteiger partial charge is 0.259 e. The summed E-state index contributed by atoms with van der Waals surface area (Å²) in [5.41, 5.74) is 10.8. The van der Waals surface area contributed by atoms with Crippen LogP contribution in [-0.4, -0.2) is 5.91 Å². The van der Waals surface area contributed by atoms with E-state index in [-0.39, 0.29) is 5.91 Å². The summed E-state index contributed by atoms with van der Waals surface area (Å²) in [5, 5.41) is 6.28. The molecule has 2 aromatic rings. The number of azide groups is 1. The molecule has 98 valence electrons. The number of carbonyl (C=O) groups excluding carboxylic acids is 1. The normalized spacial score (nSPS) is 12.2. The maximum atomic E-state index is 12.2. The first-order valence-corrected chi connectivity index (χ1v) is 5.96. The molecule has 0 aliphatic carbocycles. The average molecular weight is 266 g/mol. The minimum absolute atomic E-state index is 0.292. The Morgan fingerprint density at radius 2 is 2.00 bits per heavy atom. The standard InChI is InChI=1S/C14H10N4O2/c1-8-2-4-13-11(6-8)16-14(19)10-7-9(17-18-15)3-5-12(10)20-13/h2-7H,1H3,(H,16,19). The SMILES string of the molecule is Cc1ccc2c(c1)NC(=O)c1cc(N=[N+]=[N-])ccc1O2. The van der Waals surface area contributed by atoms with Gasteiger partial charge in [-0.15, -0.1) is 0 Å². The van der Waals surface area contributed by atoms with Gasteiger partial charge in [-0.25, -0.2) is 0 Å². The molecule has 0 unspecified atom stereocenters. The molecule has 0 saturated heterocycles. The number of hydrogen-bond donors (Lipinski definition) is 1. The van der Waals surface area contributed by atoms with E-state index in [1.54, 1.807) is 18.2 Å². The third kappa shape index (κ3) is 2.04. The van der Waals surface area contributed by atoms with Crippen LogP contribution in [-0.2, 0) is 0 Å². The minimum atomic E-state index is -0.292. The number of hydrogen-bond acceptors (Lipinski definition) is 3. The predicted molar refractivity (Wildman–Crippen MR) is 74.5 cm³/mol. The topological polar surface area (TPSA) is 87.1 Å². The zero-order valence-electron chi connectivity index (χ0n) is 10.6.